The highest BCUT2D eigenvalue weighted by molar-refractivity contribution is 7.99. The Labute approximate surface area is 258 Å². The first-order valence-electron chi connectivity index (χ1n) is 13.4. The van der Waals surface area contributed by atoms with Gasteiger partial charge in [-0.25, -0.2) is 19.2 Å². The van der Waals surface area contributed by atoms with Gasteiger partial charge in [-0.15, -0.1) is 0 Å². The number of unbranched alkanes of at least 4 members (excludes halogenated alkanes) is 1. The molecule has 0 saturated carbocycles. The summed E-state index contributed by atoms with van der Waals surface area (Å²) >= 11 is 8.26. The van der Waals surface area contributed by atoms with E-state index in [0.717, 1.165) is 57.0 Å². The fourth-order valence-corrected chi connectivity index (χ4v) is 5.73. The van der Waals surface area contributed by atoms with E-state index in [9.17, 15) is 19.2 Å². The normalized spacial score (nSPS) is 16.6. The van der Waals surface area contributed by atoms with Gasteiger partial charge in [-0.2, -0.15) is 0 Å². The van der Waals surface area contributed by atoms with E-state index in [2.05, 4.69) is 46.2 Å². The lowest BCUT2D eigenvalue weighted by Crippen LogP contribution is -2.48. The highest BCUT2D eigenvalue weighted by Crippen LogP contribution is 2.43. The number of aliphatic carboxylic acids is 4. The van der Waals surface area contributed by atoms with Gasteiger partial charge in [0.1, 0.15) is 0 Å². The summed E-state index contributed by atoms with van der Waals surface area (Å²) in [6, 6.07) is 15.5. The van der Waals surface area contributed by atoms with Crippen LogP contribution in [-0.4, -0.2) is 98.5 Å². The van der Waals surface area contributed by atoms with Crippen molar-refractivity contribution < 1.29 is 44.7 Å². The van der Waals surface area contributed by atoms with Crippen LogP contribution < -0.4 is 0 Å². The summed E-state index contributed by atoms with van der Waals surface area (Å²) in [6.07, 6.45) is 5.27. The Balaban J connectivity index is 0.000000334. The van der Waals surface area contributed by atoms with Crippen molar-refractivity contribution in [2.75, 3.05) is 39.3 Å². The number of fused-ring (bicyclic) bond motifs is 2. The van der Waals surface area contributed by atoms with Gasteiger partial charge < -0.3 is 30.4 Å². The zero-order valence-corrected chi connectivity index (χ0v) is 24.9. The van der Waals surface area contributed by atoms with Crippen LogP contribution in [0, 0.1) is 0 Å². The van der Waals surface area contributed by atoms with Crippen LogP contribution >= 0.6 is 23.4 Å². The number of halogens is 1. The third kappa shape index (κ3) is 13.4. The number of nitrogens with zero attached hydrogens (tertiary/aromatic N) is 2. The zero-order chi connectivity index (χ0) is 31.8. The number of aliphatic hydroxyl groups excluding tert-OH is 1. The van der Waals surface area contributed by atoms with Gasteiger partial charge in [0.25, 0.3) is 0 Å². The summed E-state index contributed by atoms with van der Waals surface area (Å²) in [7, 11) is 0. The molecule has 1 saturated heterocycles. The van der Waals surface area contributed by atoms with Crippen LogP contribution in [0.25, 0.3) is 0 Å². The number of hydrogen-bond donors (Lipinski definition) is 5. The van der Waals surface area contributed by atoms with Crippen LogP contribution in [0.3, 0.4) is 0 Å². The van der Waals surface area contributed by atoms with Crippen molar-refractivity contribution in [3.63, 3.8) is 0 Å². The predicted octanol–water partition coefficient (Wildman–Crippen LogP) is 3.90. The van der Waals surface area contributed by atoms with Gasteiger partial charge in [-0.3, -0.25) is 4.90 Å². The second kappa shape index (κ2) is 18.8. The van der Waals surface area contributed by atoms with E-state index in [0.29, 0.717) is 37.0 Å². The quantitative estimate of drug-likeness (QED) is 0.199. The topological polar surface area (TPSA) is 176 Å². The minimum absolute atomic E-state index is 0.302. The van der Waals surface area contributed by atoms with E-state index >= 15 is 0 Å². The fraction of sp³-hybridized carbons (Fsp3) is 0.333. The summed E-state index contributed by atoms with van der Waals surface area (Å²) in [4.78, 5) is 46.1. The molecule has 1 atom stereocenters. The van der Waals surface area contributed by atoms with Crippen LogP contribution in [0.5, 0.6) is 0 Å². The SMILES string of the molecule is O=C(O)/C=C\C(=O)O.O=C(O)/C=C\C(=O)O.OCCCCN1CCN(C2Cc3ccccc3Sc3ccc(Cl)cc32)CC1. The molecule has 2 aromatic carbocycles. The number of benzene rings is 2. The third-order valence-corrected chi connectivity index (χ3v) is 7.85. The van der Waals surface area contributed by atoms with Crippen molar-refractivity contribution in [1.29, 1.82) is 0 Å². The van der Waals surface area contributed by atoms with E-state index < -0.39 is 23.9 Å². The molecule has 0 radical (unpaired) electrons. The highest BCUT2D eigenvalue weighted by Gasteiger charge is 2.30. The maximum atomic E-state index is 9.55. The molecule has 0 amide bonds. The van der Waals surface area contributed by atoms with Gasteiger partial charge in [0.2, 0.25) is 0 Å². The van der Waals surface area contributed by atoms with Gasteiger partial charge in [0, 0.05) is 77.9 Å². The Kier molecular flexibility index (Phi) is 15.5. The molecule has 0 bridgehead atoms. The minimum atomic E-state index is -1.26. The summed E-state index contributed by atoms with van der Waals surface area (Å²) in [5, 5.41) is 41.1. The van der Waals surface area contributed by atoms with Gasteiger partial charge >= 0.3 is 23.9 Å². The number of piperazine rings is 1. The molecule has 5 N–H and O–H groups in total. The molecular formula is C30H35ClN2O9S. The first kappa shape index (κ1) is 35.5. The lowest BCUT2D eigenvalue weighted by molar-refractivity contribution is -0.134. The maximum Gasteiger partial charge on any atom is 0.328 e. The molecule has 1 fully saturated rings. The molecule has 2 aliphatic rings. The molecule has 2 heterocycles. The van der Waals surface area contributed by atoms with E-state index in [-0.39, 0.29) is 0 Å². The molecule has 1 unspecified atom stereocenters. The van der Waals surface area contributed by atoms with Crippen LogP contribution in [0.15, 0.2) is 76.6 Å². The van der Waals surface area contributed by atoms with Crippen LogP contribution in [0.4, 0.5) is 0 Å². The number of rotatable bonds is 9. The summed E-state index contributed by atoms with van der Waals surface area (Å²) in [5.41, 5.74) is 2.81. The molecule has 2 aromatic rings. The second-order valence-electron chi connectivity index (χ2n) is 9.44. The zero-order valence-electron chi connectivity index (χ0n) is 23.3. The third-order valence-electron chi connectivity index (χ3n) is 6.40. The predicted molar refractivity (Wildman–Crippen MR) is 162 cm³/mol. The Hall–Kier alpha value is -3.68. The van der Waals surface area contributed by atoms with E-state index in [1.807, 2.05) is 17.8 Å². The Bertz CT molecular complexity index is 1240. The van der Waals surface area contributed by atoms with Crippen molar-refractivity contribution >= 4 is 47.2 Å². The molecule has 2 aliphatic heterocycles. The van der Waals surface area contributed by atoms with E-state index in [1.54, 1.807) is 0 Å². The Morgan fingerprint density at radius 1 is 0.791 bits per heavy atom. The lowest BCUT2D eigenvalue weighted by Gasteiger charge is -2.39. The van der Waals surface area contributed by atoms with Crippen molar-refractivity contribution in [2.24, 2.45) is 0 Å². The average molecular weight is 635 g/mol. The second-order valence-corrected chi connectivity index (χ2v) is 11.0. The van der Waals surface area contributed by atoms with Crippen LogP contribution in [-0.2, 0) is 25.6 Å². The van der Waals surface area contributed by atoms with E-state index in [4.69, 9.17) is 37.1 Å². The number of hydrogen-bond acceptors (Lipinski definition) is 8. The van der Waals surface area contributed by atoms with Gasteiger partial charge in [-0.05, 0) is 61.2 Å². The summed E-state index contributed by atoms with van der Waals surface area (Å²) in [6.45, 7) is 5.78. The fourth-order valence-electron chi connectivity index (χ4n) is 4.44. The molecule has 13 heteroatoms. The molecule has 4 rings (SSSR count). The van der Waals surface area contributed by atoms with Crippen molar-refractivity contribution in [3.05, 3.63) is 82.9 Å². The lowest BCUT2D eigenvalue weighted by atomic mass is 9.96. The number of carboxylic acid groups (broad SMARTS) is 4. The molecule has 232 valence electrons. The van der Waals surface area contributed by atoms with E-state index in [1.165, 1.54) is 20.9 Å². The Morgan fingerprint density at radius 3 is 1.88 bits per heavy atom. The smallest absolute Gasteiger partial charge is 0.328 e. The monoisotopic (exact) mass is 634 g/mol. The van der Waals surface area contributed by atoms with Gasteiger partial charge in [0.05, 0.1) is 0 Å². The molecule has 0 aromatic heterocycles. The van der Waals surface area contributed by atoms with Crippen molar-refractivity contribution in [2.45, 2.75) is 35.1 Å². The van der Waals surface area contributed by atoms with Crippen molar-refractivity contribution in [1.82, 2.24) is 9.80 Å². The molecule has 0 aliphatic carbocycles. The summed E-state index contributed by atoms with van der Waals surface area (Å²) in [5.74, 6) is -5.03. The highest BCUT2D eigenvalue weighted by atomic mass is 35.5. The largest absolute Gasteiger partial charge is 0.478 e. The standard InChI is InChI=1S/C22H27ClN2OS.2C4H4O4/c23-18-7-8-22-19(16-18)20(15-17-5-1-2-6-21(17)27-22)25-12-10-24(11-13-25)9-3-4-14-26;2*5-3(6)1-2-4(7)8/h1-2,5-8,16,20,26H,3-4,9-15H2;2*1-2H,(H,5,6)(H,7,8)/b;2*2-1-. The van der Waals surface area contributed by atoms with Crippen molar-refractivity contribution in [3.8, 4) is 0 Å². The molecule has 11 nitrogen and oxygen atoms in total. The molecule has 43 heavy (non-hydrogen) atoms. The maximum absolute atomic E-state index is 9.55. The molecule has 0 spiro atoms. The number of carboxylic acids is 4. The Morgan fingerprint density at radius 2 is 1.35 bits per heavy atom. The number of aliphatic hydroxyl groups is 1. The van der Waals surface area contributed by atoms with Crippen LogP contribution in [0.2, 0.25) is 5.02 Å². The van der Waals surface area contributed by atoms with Gasteiger partial charge in [0.15, 0.2) is 0 Å². The number of carbonyl (C=O) groups is 4. The summed E-state index contributed by atoms with van der Waals surface area (Å²) < 4.78 is 0. The first-order valence-corrected chi connectivity index (χ1v) is 14.6. The van der Waals surface area contributed by atoms with Gasteiger partial charge in [-0.1, -0.05) is 41.6 Å². The van der Waals surface area contributed by atoms with Crippen LogP contribution in [0.1, 0.15) is 30.0 Å². The first-order chi connectivity index (χ1) is 20.5. The average Bonchev–Trinajstić information content (AvgIpc) is 3.13. The minimum Gasteiger partial charge on any atom is -0.478 e. The molecular weight excluding hydrogens is 600 g/mol.